The molecule has 182 valence electrons. The van der Waals surface area contributed by atoms with Gasteiger partial charge < -0.3 is 4.74 Å². The van der Waals surface area contributed by atoms with E-state index in [1.54, 1.807) is 71.5 Å². The summed E-state index contributed by atoms with van der Waals surface area (Å²) < 4.78 is 6.83. The van der Waals surface area contributed by atoms with Crippen LogP contribution in [0, 0.1) is 0 Å². The first-order valence-corrected chi connectivity index (χ1v) is 13.5. The summed E-state index contributed by atoms with van der Waals surface area (Å²) >= 11 is 8.79. The van der Waals surface area contributed by atoms with Crippen LogP contribution in [0.1, 0.15) is 23.3 Å². The maximum atomic E-state index is 13.9. The second-order valence-corrected chi connectivity index (χ2v) is 11.3. The van der Waals surface area contributed by atoms with Crippen LogP contribution in [-0.2, 0) is 22.4 Å². The topological polar surface area (TPSA) is 81.5 Å². The van der Waals surface area contributed by atoms with Crippen LogP contribution in [0.2, 0.25) is 5.02 Å². The average molecular weight is 538 g/mol. The molecule has 0 radical (unpaired) electrons. The maximum absolute atomic E-state index is 13.9. The third-order valence-electron chi connectivity index (χ3n) is 6.46. The fourth-order valence-electron chi connectivity index (χ4n) is 4.77. The summed E-state index contributed by atoms with van der Waals surface area (Å²) in [4.78, 5) is 48.0. The van der Waals surface area contributed by atoms with Crippen molar-refractivity contribution in [3.63, 3.8) is 0 Å². The third-order valence-corrected chi connectivity index (χ3v) is 9.02. The largest absolute Gasteiger partial charge is 0.497 e. The Hall–Kier alpha value is -3.14. The van der Waals surface area contributed by atoms with Gasteiger partial charge in [-0.05, 0) is 67.3 Å². The molecule has 2 amide bonds. The summed E-state index contributed by atoms with van der Waals surface area (Å²) in [5.41, 5.74) is 1.99. The van der Waals surface area contributed by atoms with Gasteiger partial charge in [-0.3, -0.25) is 19.0 Å². The number of benzene rings is 2. The van der Waals surface area contributed by atoms with Gasteiger partial charge in [0.25, 0.3) is 5.56 Å². The second-order valence-electron chi connectivity index (χ2n) is 8.63. The summed E-state index contributed by atoms with van der Waals surface area (Å²) in [6, 6.07) is 13.8. The van der Waals surface area contributed by atoms with Crippen LogP contribution in [-0.4, -0.2) is 33.7 Å². The van der Waals surface area contributed by atoms with Gasteiger partial charge in [0.1, 0.15) is 15.8 Å². The number of carbonyl (C=O) groups is 2. The number of imide groups is 1. The van der Waals surface area contributed by atoms with Crippen molar-refractivity contribution in [1.82, 2.24) is 9.55 Å². The van der Waals surface area contributed by atoms with Gasteiger partial charge in [-0.15, -0.1) is 11.3 Å². The van der Waals surface area contributed by atoms with Gasteiger partial charge in [0.2, 0.25) is 11.8 Å². The molecule has 7 nitrogen and oxygen atoms in total. The fourth-order valence-corrected chi connectivity index (χ4v) is 7.39. The van der Waals surface area contributed by atoms with Crippen LogP contribution in [0.4, 0.5) is 5.69 Å². The van der Waals surface area contributed by atoms with Crippen molar-refractivity contribution in [2.45, 2.75) is 36.1 Å². The molecule has 10 heteroatoms. The smallest absolute Gasteiger partial charge is 0.267 e. The molecule has 0 spiro atoms. The van der Waals surface area contributed by atoms with E-state index < -0.39 is 5.25 Å². The monoisotopic (exact) mass is 537 g/mol. The molecule has 1 unspecified atom stereocenters. The van der Waals surface area contributed by atoms with Crippen LogP contribution in [0.3, 0.4) is 0 Å². The Morgan fingerprint density at radius 2 is 1.89 bits per heavy atom. The van der Waals surface area contributed by atoms with E-state index in [0.717, 1.165) is 41.5 Å². The zero-order valence-electron chi connectivity index (χ0n) is 19.2. The number of hydrogen-bond donors (Lipinski definition) is 0. The van der Waals surface area contributed by atoms with Gasteiger partial charge >= 0.3 is 0 Å². The highest BCUT2D eigenvalue weighted by molar-refractivity contribution is 8.00. The molecule has 0 saturated carbocycles. The van der Waals surface area contributed by atoms with Crippen molar-refractivity contribution in [2.75, 3.05) is 12.0 Å². The summed E-state index contributed by atoms with van der Waals surface area (Å²) in [7, 11) is 1.58. The number of fused-ring (bicyclic) bond motifs is 3. The van der Waals surface area contributed by atoms with E-state index in [1.807, 2.05) is 0 Å². The molecule has 1 atom stereocenters. The molecule has 1 fully saturated rings. The zero-order chi connectivity index (χ0) is 25.0. The molecule has 36 heavy (non-hydrogen) atoms. The standard InChI is InChI=1S/C26H20ClN3O4S2/c1-34-17-10-8-15(9-11-17)30-25(33)22-18-6-3-7-19(18)35-23(22)28-26(30)36-20-13-21(31)29(24(20)32)16-5-2-4-14(27)12-16/h2,4-5,8-12,20H,3,6-7,13H2,1H3. The number of hydrogen-bond acceptors (Lipinski definition) is 7. The lowest BCUT2D eigenvalue weighted by atomic mass is 10.2. The predicted octanol–water partition coefficient (Wildman–Crippen LogP) is 5.02. The molecule has 0 N–H and O–H groups in total. The number of aromatic nitrogens is 2. The average Bonchev–Trinajstić information content (AvgIpc) is 3.52. The Balaban J connectivity index is 1.44. The van der Waals surface area contributed by atoms with Gasteiger partial charge in [-0.2, -0.15) is 0 Å². The lowest BCUT2D eigenvalue weighted by molar-refractivity contribution is -0.121. The number of thioether (sulfide) groups is 1. The van der Waals surface area contributed by atoms with Crippen molar-refractivity contribution in [1.29, 1.82) is 0 Å². The van der Waals surface area contributed by atoms with E-state index in [4.69, 9.17) is 21.3 Å². The number of halogens is 1. The molecule has 4 aromatic rings. The normalized spacial score (nSPS) is 17.3. The molecule has 1 saturated heterocycles. The number of methoxy groups -OCH3 is 1. The Kier molecular flexibility index (Phi) is 5.86. The number of carbonyl (C=O) groups excluding carboxylic acids is 2. The van der Waals surface area contributed by atoms with E-state index in [2.05, 4.69) is 0 Å². The van der Waals surface area contributed by atoms with Gasteiger partial charge in [-0.25, -0.2) is 9.88 Å². The summed E-state index contributed by atoms with van der Waals surface area (Å²) in [5, 5.41) is 0.770. The highest BCUT2D eigenvalue weighted by Crippen LogP contribution is 2.38. The Bertz CT molecular complexity index is 1600. The minimum absolute atomic E-state index is 0.00741. The van der Waals surface area contributed by atoms with Gasteiger partial charge in [-0.1, -0.05) is 29.4 Å². The predicted molar refractivity (Wildman–Crippen MR) is 142 cm³/mol. The molecule has 2 aliphatic rings. The minimum Gasteiger partial charge on any atom is -0.497 e. The molecule has 1 aliphatic carbocycles. The summed E-state index contributed by atoms with van der Waals surface area (Å²) in [5.74, 6) is 0.00560. The molecule has 3 heterocycles. The second kappa shape index (κ2) is 9.06. The highest BCUT2D eigenvalue weighted by atomic mass is 35.5. The van der Waals surface area contributed by atoms with Crippen molar-refractivity contribution < 1.29 is 14.3 Å². The first-order chi connectivity index (χ1) is 17.4. The van der Waals surface area contributed by atoms with Crippen LogP contribution < -0.4 is 15.2 Å². The van der Waals surface area contributed by atoms with Crippen molar-refractivity contribution in [3.05, 3.63) is 74.3 Å². The lowest BCUT2D eigenvalue weighted by Gasteiger charge is -2.16. The first kappa shape index (κ1) is 23.3. The molecule has 2 aromatic heterocycles. The lowest BCUT2D eigenvalue weighted by Crippen LogP contribution is -2.31. The molecule has 0 bridgehead atoms. The molecule has 6 rings (SSSR count). The first-order valence-electron chi connectivity index (χ1n) is 11.5. The van der Waals surface area contributed by atoms with Gasteiger partial charge in [0.05, 0.1) is 23.9 Å². The third kappa shape index (κ3) is 3.82. The summed E-state index contributed by atoms with van der Waals surface area (Å²) in [6.45, 7) is 0. The molecule has 1 aliphatic heterocycles. The molecule has 2 aromatic carbocycles. The number of rotatable bonds is 5. The van der Waals surface area contributed by atoms with Crippen LogP contribution >= 0.6 is 34.7 Å². The van der Waals surface area contributed by atoms with E-state index in [1.165, 1.54) is 4.88 Å². The number of ether oxygens (including phenoxy) is 1. The zero-order valence-corrected chi connectivity index (χ0v) is 21.6. The minimum atomic E-state index is -0.711. The van der Waals surface area contributed by atoms with Crippen LogP contribution in [0.25, 0.3) is 15.9 Å². The van der Waals surface area contributed by atoms with E-state index in [9.17, 15) is 14.4 Å². The van der Waals surface area contributed by atoms with Crippen molar-refractivity contribution >= 4 is 62.4 Å². The van der Waals surface area contributed by atoms with E-state index in [0.29, 0.717) is 37.5 Å². The van der Waals surface area contributed by atoms with Crippen molar-refractivity contribution in [2.24, 2.45) is 0 Å². The van der Waals surface area contributed by atoms with Crippen LogP contribution in [0.5, 0.6) is 5.75 Å². The van der Waals surface area contributed by atoms with Gasteiger partial charge in [0, 0.05) is 16.3 Å². The Labute approximate surface area is 219 Å². The van der Waals surface area contributed by atoms with Gasteiger partial charge in [0.15, 0.2) is 5.16 Å². The number of thiophene rings is 1. The van der Waals surface area contributed by atoms with E-state index in [-0.39, 0.29) is 23.8 Å². The molecular formula is C26H20ClN3O4S2. The van der Waals surface area contributed by atoms with Crippen molar-refractivity contribution in [3.8, 4) is 11.4 Å². The molecular weight excluding hydrogens is 518 g/mol. The number of amides is 2. The Morgan fingerprint density at radius 3 is 2.64 bits per heavy atom. The fraction of sp³-hybridized carbons (Fsp3) is 0.231. The highest BCUT2D eigenvalue weighted by Gasteiger charge is 2.41. The number of aryl methyl sites for hydroxylation is 2. The maximum Gasteiger partial charge on any atom is 0.267 e. The number of anilines is 1. The van der Waals surface area contributed by atoms with E-state index >= 15 is 0 Å². The number of nitrogens with zero attached hydrogens (tertiary/aromatic N) is 3. The Morgan fingerprint density at radius 1 is 1.08 bits per heavy atom. The van der Waals surface area contributed by atoms with Crippen LogP contribution in [0.15, 0.2) is 58.5 Å². The summed E-state index contributed by atoms with van der Waals surface area (Å²) in [6.07, 6.45) is 2.86. The quantitative estimate of drug-likeness (QED) is 0.262. The SMILES string of the molecule is COc1ccc(-n2c(SC3CC(=O)N(c4cccc(Cl)c4)C3=O)nc3sc4c(c3c2=O)CCC4)cc1.